The molecule has 6 nitrogen and oxygen atoms in total. The fourth-order valence-electron chi connectivity index (χ4n) is 2.75. The predicted molar refractivity (Wildman–Crippen MR) is 119 cm³/mol. The SMILES string of the molecule is COc1cc(Cl)c(C)cc1NC(=O)c1ccc(S(=O)(=O)Nc2ccc(C)cc2)cc1. The van der Waals surface area contributed by atoms with E-state index in [-0.39, 0.29) is 4.90 Å². The van der Waals surface area contributed by atoms with Crippen LogP contribution in [0.5, 0.6) is 5.75 Å². The highest BCUT2D eigenvalue weighted by atomic mass is 35.5. The quantitative estimate of drug-likeness (QED) is 0.559. The normalized spacial score (nSPS) is 11.1. The van der Waals surface area contributed by atoms with E-state index >= 15 is 0 Å². The van der Waals surface area contributed by atoms with Crippen LogP contribution in [-0.2, 0) is 10.0 Å². The molecular weight excluding hydrogens is 424 g/mol. The van der Waals surface area contributed by atoms with Crippen molar-refractivity contribution in [2.75, 3.05) is 17.1 Å². The molecular formula is C22H21ClN2O4S. The molecule has 0 unspecified atom stereocenters. The lowest BCUT2D eigenvalue weighted by Crippen LogP contribution is -2.15. The van der Waals surface area contributed by atoms with Crippen LogP contribution in [0.2, 0.25) is 5.02 Å². The summed E-state index contributed by atoms with van der Waals surface area (Å²) in [5.74, 6) is 0.0332. The Morgan fingerprint density at radius 3 is 2.20 bits per heavy atom. The molecule has 3 rings (SSSR count). The number of sulfonamides is 1. The fraction of sp³-hybridized carbons (Fsp3) is 0.136. The van der Waals surface area contributed by atoms with Crippen molar-refractivity contribution in [1.29, 1.82) is 0 Å². The first-order valence-electron chi connectivity index (χ1n) is 9.04. The number of rotatable bonds is 6. The molecule has 0 spiro atoms. The Kier molecular flexibility index (Phi) is 6.34. The molecule has 30 heavy (non-hydrogen) atoms. The predicted octanol–water partition coefficient (Wildman–Crippen LogP) is 5.02. The molecule has 0 aliphatic heterocycles. The van der Waals surface area contributed by atoms with Gasteiger partial charge in [-0.15, -0.1) is 0 Å². The average molecular weight is 445 g/mol. The van der Waals surface area contributed by atoms with Crippen LogP contribution >= 0.6 is 11.6 Å². The van der Waals surface area contributed by atoms with Gasteiger partial charge < -0.3 is 10.1 Å². The number of hydrogen-bond acceptors (Lipinski definition) is 4. The number of hydrogen-bond donors (Lipinski definition) is 2. The number of carbonyl (C=O) groups is 1. The van der Waals surface area contributed by atoms with Crippen molar-refractivity contribution in [1.82, 2.24) is 0 Å². The van der Waals surface area contributed by atoms with Gasteiger partial charge in [0.1, 0.15) is 5.75 Å². The Morgan fingerprint density at radius 2 is 1.60 bits per heavy atom. The van der Waals surface area contributed by atoms with Gasteiger partial charge in [0.2, 0.25) is 0 Å². The molecule has 3 aromatic carbocycles. The minimum absolute atomic E-state index is 0.0551. The molecule has 0 aliphatic rings. The third-order valence-electron chi connectivity index (χ3n) is 4.46. The zero-order valence-electron chi connectivity index (χ0n) is 16.7. The van der Waals surface area contributed by atoms with Gasteiger partial charge in [-0.25, -0.2) is 8.42 Å². The second-order valence-electron chi connectivity index (χ2n) is 6.75. The Morgan fingerprint density at radius 1 is 0.967 bits per heavy atom. The summed E-state index contributed by atoms with van der Waals surface area (Å²) in [4.78, 5) is 12.7. The number of carbonyl (C=O) groups excluding carboxylic acids is 1. The molecule has 3 aromatic rings. The van der Waals surface area contributed by atoms with Crippen LogP contribution in [-0.4, -0.2) is 21.4 Å². The highest BCUT2D eigenvalue weighted by Gasteiger charge is 2.16. The van der Waals surface area contributed by atoms with Gasteiger partial charge in [0, 0.05) is 22.3 Å². The van der Waals surface area contributed by atoms with E-state index in [0.29, 0.717) is 27.7 Å². The van der Waals surface area contributed by atoms with Gasteiger partial charge >= 0.3 is 0 Å². The largest absolute Gasteiger partial charge is 0.495 e. The van der Waals surface area contributed by atoms with Crippen LogP contribution in [0.15, 0.2) is 65.6 Å². The van der Waals surface area contributed by atoms with Crippen molar-refractivity contribution in [2.24, 2.45) is 0 Å². The smallest absolute Gasteiger partial charge is 0.261 e. The molecule has 0 atom stereocenters. The van der Waals surface area contributed by atoms with Gasteiger partial charge in [-0.1, -0.05) is 29.3 Å². The summed E-state index contributed by atoms with van der Waals surface area (Å²) < 4.78 is 32.9. The molecule has 2 N–H and O–H groups in total. The number of nitrogens with one attached hydrogen (secondary N) is 2. The standard InChI is InChI=1S/C22H21ClN2O4S/c1-14-4-8-17(9-5-14)25-30(27,28)18-10-6-16(7-11-18)22(26)24-20-12-15(2)19(23)13-21(20)29-3/h4-13,25H,1-3H3,(H,24,26). The monoisotopic (exact) mass is 444 g/mol. The molecule has 0 heterocycles. The molecule has 156 valence electrons. The summed E-state index contributed by atoms with van der Waals surface area (Å²) in [5.41, 5.74) is 3.06. The van der Waals surface area contributed by atoms with E-state index in [1.54, 1.807) is 24.3 Å². The number of benzene rings is 3. The van der Waals surface area contributed by atoms with E-state index in [1.165, 1.54) is 31.4 Å². The number of aryl methyl sites for hydroxylation is 2. The van der Waals surface area contributed by atoms with Crippen LogP contribution < -0.4 is 14.8 Å². The summed E-state index contributed by atoms with van der Waals surface area (Å²) in [5, 5.41) is 3.29. The van der Waals surface area contributed by atoms with Gasteiger partial charge in [-0.3, -0.25) is 9.52 Å². The summed E-state index contributed by atoms with van der Waals surface area (Å²) in [6.07, 6.45) is 0. The zero-order chi connectivity index (χ0) is 21.9. The Labute approximate surface area is 180 Å². The maximum absolute atomic E-state index is 12.6. The summed E-state index contributed by atoms with van der Waals surface area (Å²) in [6, 6.07) is 16.0. The van der Waals surface area contributed by atoms with Crippen LogP contribution in [0.25, 0.3) is 0 Å². The summed E-state index contributed by atoms with van der Waals surface area (Å²) >= 11 is 6.09. The van der Waals surface area contributed by atoms with Gasteiger partial charge in [0.05, 0.1) is 17.7 Å². The Bertz CT molecular complexity index is 1180. The molecule has 0 radical (unpaired) electrons. The average Bonchev–Trinajstić information content (AvgIpc) is 2.72. The lowest BCUT2D eigenvalue weighted by Gasteiger charge is -2.13. The van der Waals surface area contributed by atoms with Gasteiger partial charge in [-0.05, 0) is 61.9 Å². The maximum Gasteiger partial charge on any atom is 0.261 e. The van der Waals surface area contributed by atoms with Crippen molar-refractivity contribution in [2.45, 2.75) is 18.7 Å². The topological polar surface area (TPSA) is 84.5 Å². The number of halogens is 1. The summed E-state index contributed by atoms with van der Waals surface area (Å²) in [7, 11) is -2.28. The third kappa shape index (κ3) is 4.93. The second-order valence-corrected chi connectivity index (χ2v) is 8.84. The molecule has 0 bridgehead atoms. The first-order valence-corrected chi connectivity index (χ1v) is 10.9. The van der Waals surface area contributed by atoms with Crippen LogP contribution in [0, 0.1) is 13.8 Å². The maximum atomic E-state index is 12.6. The molecule has 0 fully saturated rings. The molecule has 0 aromatic heterocycles. The lowest BCUT2D eigenvalue weighted by molar-refractivity contribution is 0.102. The zero-order valence-corrected chi connectivity index (χ0v) is 18.3. The lowest BCUT2D eigenvalue weighted by atomic mass is 10.1. The minimum Gasteiger partial charge on any atom is -0.495 e. The van der Waals surface area contributed by atoms with E-state index in [4.69, 9.17) is 16.3 Å². The van der Waals surface area contributed by atoms with Crippen LogP contribution in [0.4, 0.5) is 11.4 Å². The van der Waals surface area contributed by atoms with Crippen molar-refractivity contribution < 1.29 is 17.9 Å². The highest BCUT2D eigenvalue weighted by Crippen LogP contribution is 2.31. The first kappa shape index (κ1) is 21.7. The highest BCUT2D eigenvalue weighted by molar-refractivity contribution is 7.92. The Hall–Kier alpha value is -3.03. The fourth-order valence-corrected chi connectivity index (χ4v) is 3.96. The van der Waals surface area contributed by atoms with Crippen LogP contribution in [0.1, 0.15) is 21.5 Å². The molecule has 8 heteroatoms. The van der Waals surface area contributed by atoms with E-state index < -0.39 is 15.9 Å². The summed E-state index contributed by atoms with van der Waals surface area (Å²) in [6.45, 7) is 3.74. The van der Waals surface area contributed by atoms with Crippen LogP contribution in [0.3, 0.4) is 0 Å². The van der Waals surface area contributed by atoms with Crippen molar-refractivity contribution in [3.05, 3.63) is 82.4 Å². The van der Waals surface area contributed by atoms with Gasteiger partial charge in [-0.2, -0.15) is 0 Å². The molecule has 0 saturated heterocycles. The van der Waals surface area contributed by atoms with Crippen molar-refractivity contribution in [3.8, 4) is 5.75 Å². The van der Waals surface area contributed by atoms with Crippen molar-refractivity contribution in [3.63, 3.8) is 0 Å². The number of amides is 1. The first-order chi connectivity index (χ1) is 14.2. The second kappa shape index (κ2) is 8.77. The van der Waals surface area contributed by atoms with Crippen molar-refractivity contribution >= 4 is 38.9 Å². The number of anilines is 2. The number of methoxy groups -OCH3 is 1. The molecule has 0 saturated carbocycles. The van der Waals surface area contributed by atoms with Gasteiger partial charge in [0.15, 0.2) is 0 Å². The minimum atomic E-state index is -3.76. The van der Waals surface area contributed by atoms with E-state index in [2.05, 4.69) is 10.0 Å². The van der Waals surface area contributed by atoms with E-state index in [9.17, 15) is 13.2 Å². The number of ether oxygens (including phenoxy) is 1. The van der Waals surface area contributed by atoms with E-state index in [1.807, 2.05) is 26.0 Å². The third-order valence-corrected chi connectivity index (χ3v) is 6.26. The molecule has 0 aliphatic carbocycles. The van der Waals surface area contributed by atoms with E-state index in [0.717, 1.165) is 11.1 Å². The molecule has 1 amide bonds. The van der Waals surface area contributed by atoms with Gasteiger partial charge in [0.25, 0.3) is 15.9 Å². The Balaban J connectivity index is 1.77.